The topological polar surface area (TPSA) is 128 Å². The number of nitrogens with zero attached hydrogens (tertiary/aromatic N) is 5. The Hall–Kier alpha value is -3.78. The Bertz CT molecular complexity index is 1470. The Labute approximate surface area is 228 Å². The van der Waals surface area contributed by atoms with E-state index in [-0.39, 0.29) is 24.4 Å². The molecule has 0 saturated carbocycles. The molecule has 3 N–H and O–H groups in total. The second-order valence-electron chi connectivity index (χ2n) is 11.0. The summed E-state index contributed by atoms with van der Waals surface area (Å²) in [6.45, 7) is 11.6. The van der Waals surface area contributed by atoms with E-state index in [1.165, 1.54) is 0 Å². The van der Waals surface area contributed by atoms with E-state index in [0.717, 1.165) is 42.0 Å². The largest absolute Gasteiger partial charge is 0.395 e. The number of fused-ring (bicyclic) bond motifs is 1. The first-order chi connectivity index (χ1) is 18.7. The van der Waals surface area contributed by atoms with Gasteiger partial charge in [0.2, 0.25) is 5.95 Å². The van der Waals surface area contributed by atoms with Gasteiger partial charge in [0.15, 0.2) is 0 Å². The van der Waals surface area contributed by atoms with Crippen molar-refractivity contribution >= 4 is 17.3 Å². The fourth-order valence-electron chi connectivity index (χ4n) is 5.52. The van der Waals surface area contributed by atoms with Crippen LogP contribution in [0.15, 0.2) is 41.5 Å². The Kier molecular flexibility index (Phi) is 7.40. The maximum absolute atomic E-state index is 13.3. The first-order valence-electron chi connectivity index (χ1n) is 13.3. The van der Waals surface area contributed by atoms with E-state index in [4.69, 9.17) is 4.74 Å². The molecule has 2 unspecified atom stereocenters. The maximum Gasteiger partial charge on any atom is 0.274 e. The third kappa shape index (κ3) is 5.52. The van der Waals surface area contributed by atoms with Crippen molar-refractivity contribution in [1.82, 2.24) is 19.4 Å². The Morgan fingerprint density at radius 3 is 2.74 bits per heavy atom. The standard InChI is InChI=1S/C29H35N7O3/c1-18-9-25(27(38)36(13-18)8-7-35-14-19(2)39-20(3)15-35)34-28-31-6-5-24(33-28)21-10-22(12-30)26-23(11-21)29(4,17-37)16-32-26/h5-6,9-11,13,19-20,32,37H,7-8,14-17H2,1-4H3,(H,31,33,34)/t19?,20?,29-/m1/s1. The summed E-state index contributed by atoms with van der Waals surface area (Å²) in [6, 6.07) is 9.58. The van der Waals surface area contributed by atoms with Gasteiger partial charge >= 0.3 is 0 Å². The second kappa shape index (κ2) is 10.8. The highest BCUT2D eigenvalue weighted by atomic mass is 16.5. The number of aryl methyl sites for hydroxylation is 1. The molecule has 10 heteroatoms. The summed E-state index contributed by atoms with van der Waals surface area (Å²) in [5.74, 6) is 0.291. The zero-order valence-electron chi connectivity index (χ0n) is 22.9. The Morgan fingerprint density at radius 2 is 2.03 bits per heavy atom. The average molecular weight is 530 g/mol. The van der Waals surface area contributed by atoms with Crippen molar-refractivity contribution in [3.63, 3.8) is 0 Å². The minimum atomic E-state index is -0.491. The maximum atomic E-state index is 13.3. The van der Waals surface area contributed by atoms with E-state index in [9.17, 15) is 15.2 Å². The van der Waals surface area contributed by atoms with Crippen molar-refractivity contribution < 1.29 is 9.84 Å². The highest BCUT2D eigenvalue weighted by molar-refractivity contribution is 5.76. The molecule has 2 aromatic heterocycles. The predicted molar refractivity (Wildman–Crippen MR) is 150 cm³/mol. The van der Waals surface area contributed by atoms with Crippen molar-refractivity contribution in [2.45, 2.75) is 51.9 Å². The minimum absolute atomic E-state index is 0.0405. The minimum Gasteiger partial charge on any atom is -0.395 e. The van der Waals surface area contributed by atoms with Crippen LogP contribution in [0.5, 0.6) is 0 Å². The van der Waals surface area contributed by atoms with Crippen LogP contribution >= 0.6 is 0 Å². The summed E-state index contributed by atoms with van der Waals surface area (Å²) < 4.78 is 7.56. The molecule has 1 fully saturated rings. The van der Waals surface area contributed by atoms with Crippen LogP contribution in [-0.4, -0.2) is 69.5 Å². The molecular weight excluding hydrogens is 494 g/mol. The highest BCUT2D eigenvalue weighted by Crippen LogP contribution is 2.41. The van der Waals surface area contributed by atoms with Crippen molar-refractivity contribution in [3.05, 3.63) is 63.7 Å². The first-order valence-corrected chi connectivity index (χ1v) is 13.3. The van der Waals surface area contributed by atoms with E-state index in [2.05, 4.69) is 45.4 Å². The van der Waals surface area contributed by atoms with Gasteiger partial charge < -0.3 is 25.0 Å². The molecule has 204 valence electrons. The molecule has 5 rings (SSSR count). The number of hydrogen-bond acceptors (Lipinski definition) is 9. The first kappa shape index (κ1) is 26.8. The average Bonchev–Trinajstić information content (AvgIpc) is 3.26. The number of nitriles is 1. The molecule has 0 spiro atoms. The summed E-state index contributed by atoms with van der Waals surface area (Å²) >= 11 is 0. The van der Waals surface area contributed by atoms with Gasteiger partial charge in [-0.1, -0.05) is 6.92 Å². The van der Waals surface area contributed by atoms with Crippen LogP contribution in [0.1, 0.15) is 37.5 Å². The van der Waals surface area contributed by atoms with Crippen LogP contribution in [-0.2, 0) is 16.7 Å². The fourth-order valence-corrected chi connectivity index (χ4v) is 5.52. The number of pyridine rings is 1. The molecule has 10 nitrogen and oxygen atoms in total. The lowest BCUT2D eigenvalue weighted by Crippen LogP contribution is -2.46. The fraction of sp³-hybridized carbons (Fsp3) is 0.448. The number of hydrogen-bond donors (Lipinski definition) is 3. The molecule has 1 saturated heterocycles. The molecular formula is C29H35N7O3. The van der Waals surface area contributed by atoms with E-state index in [1.54, 1.807) is 29.0 Å². The highest BCUT2D eigenvalue weighted by Gasteiger charge is 2.36. The van der Waals surface area contributed by atoms with Crippen LogP contribution in [0.25, 0.3) is 11.3 Å². The number of aliphatic hydroxyl groups excluding tert-OH is 1. The normalized spacial score (nSPS) is 22.7. The zero-order chi connectivity index (χ0) is 27.7. The lowest BCUT2D eigenvalue weighted by Gasteiger charge is -2.35. The smallest absolute Gasteiger partial charge is 0.274 e. The van der Waals surface area contributed by atoms with Crippen molar-refractivity contribution in [1.29, 1.82) is 5.26 Å². The molecule has 39 heavy (non-hydrogen) atoms. The number of morpholine rings is 1. The molecule has 2 aliphatic rings. The lowest BCUT2D eigenvalue weighted by molar-refractivity contribution is -0.0686. The zero-order valence-corrected chi connectivity index (χ0v) is 22.9. The van der Waals surface area contributed by atoms with Crippen LogP contribution in [0.4, 0.5) is 17.3 Å². The van der Waals surface area contributed by atoms with Crippen molar-refractivity contribution in [2.24, 2.45) is 0 Å². The van der Waals surface area contributed by atoms with Crippen molar-refractivity contribution in [2.75, 3.05) is 43.4 Å². The summed E-state index contributed by atoms with van der Waals surface area (Å²) in [5.41, 5.74) is 4.22. The summed E-state index contributed by atoms with van der Waals surface area (Å²) in [7, 11) is 0. The molecule has 0 bridgehead atoms. The number of anilines is 3. The van der Waals surface area contributed by atoms with Gasteiger partial charge in [0.1, 0.15) is 11.8 Å². The molecule has 3 atom stereocenters. The van der Waals surface area contributed by atoms with Crippen molar-refractivity contribution in [3.8, 4) is 17.3 Å². The van der Waals surface area contributed by atoms with Crippen LogP contribution in [0, 0.1) is 18.3 Å². The number of benzene rings is 1. The van der Waals surface area contributed by atoms with E-state index in [0.29, 0.717) is 36.0 Å². The number of aliphatic hydroxyl groups is 1. The van der Waals surface area contributed by atoms with E-state index >= 15 is 0 Å². The third-order valence-electron chi connectivity index (χ3n) is 7.49. The van der Waals surface area contributed by atoms with Gasteiger partial charge in [0.05, 0.1) is 35.8 Å². The quantitative estimate of drug-likeness (QED) is 0.423. The van der Waals surface area contributed by atoms with Gasteiger partial charge in [0, 0.05) is 56.1 Å². The summed E-state index contributed by atoms with van der Waals surface area (Å²) in [5, 5.41) is 26.1. The molecule has 0 amide bonds. The van der Waals surface area contributed by atoms with Crippen LogP contribution in [0.3, 0.4) is 0 Å². The molecule has 2 aliphatic heterocycles. The molecule has 0 radical (unpaired) electrons. The Balaban J connectivity index is 1.39. The Morgan fingerprint density at radius 1 is 1.26 bits per heavy atom. The lowest BCUT2D eigenvalue weighted by atomic mass is 9.83. The summed E-state index contributed by atoms with van der Waals surface area (Å²) in [4.78, 5) is 24.7. The number of rotatable bonds is 7. The van der Waals surface area contributed by atoms with E-state index < -0.39 is 5.41 Å². The number of aromatic nitrogens is 3. The monoisotopic (exact) mass is 529 g/mol. The molecule has 3 aromatic rings. The van der Waals surface area contributed by atoms with Gasteiger partial charge in [0.25, 0.3) is 5.56 Å². The summed E-state index contributed by atoms with van der Waals surface area (Å²) in [6.07, 6.45) is 3.85. The predicted octanol–water partition coefficient (Wildman–Crippen LogP) is 3.01. The molecule has 4 heterocycles. The second-order valence-corrected chi connectivity index (χ2v) is 11.0. The van der Waals surface area contributed by atoms with Gasteiger partial charge in [-0.25, -0.2) is 9.97 Å². The van der Waals surface area contributed by atoms with Crippen LogP contribution < -0.4 is 16.2 Å². The third-order valence-corrected chi connectivity index (χ3v) is 7.49. The molecule has 1 aromatic carbocycles. The van der Waals surface area contributed by atoms with Gasteiger partial charge in [-0.2, -0.15) is 5.26 Å². The number of ether oxygens (including phenoxy) is 1. The van der Waals surface area contributed by atoms with Gasteiger partial charge in [-0.15, -0.1) is 0 Å². The van der Waals surface area contributed by atoms with Gasteiger partial charge in [-0.3, -0.25) is 9.69 Å². The molecule has 0 aliphatic carbocycles. The number of nitrogens with one attached hydrogen (secondary N) is 2. The van der Waals surface area contributed by atoms with Gasteiger partial charge in [-0.05, 0) is 56.2 Å². The SMILES string of the molecule is Cc1cc(Nc2nccc(-c3cc(C#N)c4c(c3)[C@@](C)(CO)CN4)n2)c(=O)n(CCN2CC(C)OC(C)C2)c1. The van der Waals surface area contributed by atoms with E-state index in [1.807, 2.05) is 26.1 Å². The van der Waals surface area contributed by atoms with Crippen LogP contribution in [0.2, 0.25) is 0 Å².